The van der Waals surface area contributed by atoms with Gasteiger partial charge in [-0.3, -0.25) is 0 Å². The Hall–Kier alpha value is -2.22. The first-order chi connectivity index (χ1) is 22.1. The molecule has 0 aromatic heterocycles. The number of hydrogen-bond donors (Lipinski definition) is 0. The number of benzene rings is 4. The van der Waals surface area contributed by atoms with Crippen molar-refractivity contribution in [2.24, 2.45) is 0 Å². The monoisotopic (exact) mass is 740 g/mol. The molecule has 0 aliphatic carbocycles. The number of fused-ring (bicyclic) bond motifs is 2. The molecule has 6 rings (SSSR count). The summed E-state index contributed by atoms with van der Waals surface area (Å²) in [5.41, 5.74) is 16.7. The van der Waals surface area contributed by atoms with E-state index < -0.39 is 20.8 Å². The van der Waals surface area contributed by atoms with Crippen molar-refractivity contribution in [2.45, 2.75) is 81.3 Å². The molecule has 0 aliphatic rings. The van der Waals surface area contributed by atoms with Crippen LogP contribution in [0.5, 0.6) is 0 Å². The number of aryl methyl sites for hydroxylation is 4. The van der Waals surface area contributed by atoms with Gasteiger partial charge in [0.25, 0.3) is 0 Å². The Labute approximate surface area is 299 Å². The van der Waals surface area contributed by atoms with Gasteiger partial charge in [-0.05, 0) is 98.9 Å². The first kappa shape index (κ1) is 38.2. The van der Waals surface area contributed by atoms with Crippen LogP contribution in [-0.4, -0.2) is 9.52 Å². The number of halogens is 2. The summed E-state index contributed by atoms with van der Waals surface area (Å²) in [5.74, 6) is 0. The van der Waals surface area contributed by atoms with Gasteiger partial charge in [-0.2, -0.15) is 12.1 Å². The fourth-order valence-electron chi connectivity index (χ4n) is 5.97. The predicted octanol–water partition coefficient (Wildman–Crippen LogP) is 13.6. The van der Waals surface area contributed by atoms with Crippen LogP contribution in [0.1, 0.15) is 58.4 Å². The van der Waals surface area contributed by atoms with Crippen molar-refractivity contribution in [3.8, 4) is 22.3 Å². The van der Waals surface area contributed by atoms with E-state index >= 15 is 0 Å². The topological polar surface area (TPSA) is 0 Å². The molecule has 0 N–H and O–H groups in total. The molecule has 4 heteroatoms. The third kappa shape index (κ3) is 9.02. The van der Waals surface area contributed by atoms with Crippen LogP contribution in [-0.2, 0) is 33.7 Å². The van der Waals surface area contributed by atoms with E-state index in [1.807, 2.05) is 0 Å². The van der Waals surface area contributed by atoms with Crippen molar-refractivity contribution in [2.75, 3.05) is 0 Å². The Balaban J connectivity index is 0.000000214. The van der Waals surface area contributed by atoms with Crippen LogP contribution in [0.2, 0.25) is 13.1 Å². The zero-order chi connectivity index (χ0) is 34.0. The third-order valence-corrected chi connectivity index (χ3v) is 9.13. The number of rotatable bonds is 4. The normalized spacial score (nSPS) is 10.3. The molecule has 0 amide bonds. The van der Waals surface area contributed by atoms with Crippen LogP contribution >= 0.6 is 17.0 Å². The molecule has 0 unspecified atom stereocenters. The minimum absolute atomic E-state index is 0.826. The Morgan fingerprint density at radius 1 is 0.543 bits per heavy atom. The molecule has 6 aromatic carbocycles. The van der Waals surface area contributed by atoms with Crippen LogP contribution in [0, 0.1) is 41.5 Å². The van der Waals surface area contributed by atoms with Crippen molar-refractivity contribution in [1.82, 2.24) is 0 Å². The van der Waals surface area contributed by atoms with Crippen LogP contribution in [0.4, 0.5) is 0 Å². The standard InChI is InChI=1S/2C20H21.C2H6Si.2ClH.Zr/c2*1-5-16-11-17-7-6-8-19(20(17)12-16)18-10-9-13(2)14(3)15(18)4;1-3-2;;;/h2*6-12H,5H2,1-4H3;1-2H3;2*1H;/q2*-1;;;;+4/p-2. The predicted molar refractivity (Wildman–Crippen MR) is 206 cm³/mol. The van der Waals surface area contributed by atoms with Crippen LogP contribution in [0.3, 0.4) is 0 Å². The second kappa shape index (κ2) is 18.4. The summed E-state index contributed by atoms with van der Waals surface area (Å²) >= 11 is -0.826. The summed E-state index contributed by atoms with van der Waals surface area (Å²) in [6.07, 6.45) is 2.19. The molecule has 0 aliphatic heterocycles. The Bertz CT molecular complexity index is 1740. The first-order valence-electron chi connectivity index (χ1n) is 16.1. The molecular formula is C42H48Cl2SiZr. The summed E-state index contributed by atoms with van der Waals surface area (Å²) in [4.78, 5) is 0. The Morgan fingerprint density at radius 2 is 0.891 bits per heavy atom. The molecule has 46 heavy (non-hydrogen) atoms. The Kier molecular flexibility index (Phi) is 15.3. The quantitative estimate of drug-likeness (QED) is 0.125. The van der Waals surface area contributed by atoms with Gasteiger partial charge >= 0.3 is 37.9 Å². The molecule has 0 nitrogen and oxygen atoms in total. The maximum atomic E-state index is 4.93. The van der Waals surface area contributed by atoms with Crippen LogP contribution < -0.4 is 0 Å². The van der Waals surface area contributed by atoms with Gasteiger partial charge in [-0.15, -0.1) is 69.1 Å². The first-order valence-corrected chi connectivity index (χ1v) is 24.4. The molecule has 238 valence electrons. The third-order valence-electron chi connectivity index (χ3n) is 9.13. The average Bonchev–Trinajstić information content (AvgIpc) is 3.68. The molecular weight excluding hydrogens is 695 g/mol. The van der Waals surface area contributed by atoms with E-state index in [2.05, 4.69) is 153 Å². The van der Waals surface area contributed by atoms with Gasteiger partial charge in [0.1, 0.15) is 0 Å². The van der Waals surface area contributed by atoms with Crippen molar-refractivity contribution in [3.63, 3.8) is 0 Å². The van der Waals surface area contributed by atoms with Gasteiger partial charge < -0.3 is 0 Å². The Morgan fingerprint density at radius 3 is 1.22 bits per heavy atom. The summed E-state index contributed by atoms with van der Waals surface area (Å²) in [6.45, 7) is 22.0. The zero-order valence-corrected chi connectivity index (χ0v) is 34.2. The van der Waals surface area contributed by atoms with E-state index in [1.54, 1.807) is 0 Å². The summed E-state index contributed by atoms with van der Waals surface area (Å²) < 4.78 is 0. The van der Waals surface area contributed by atoms with Gasteiger partial charge in [0.05, 0.1) is 0 Å². The van der Waals surface area contributed by atoms with E-state index in [0.29, 0.717) is 0 Å². The van der Waals surface area contributed by atoms with E-state index in [-0.39, 0.29) is 0 Å². The maximum absolute atomic E-state index is 4.93. The molecule has 0 spiro atoms. The molecule has 0 fully saturated rings. The fraction of sp³-hybridized carbons (Fsp3) is 0.286. The number of hydrogen-bond acceptors (Lipinski definition) is 0. The molecule has 0 saturated heterocycles. The van der Waals surface area contributed by atoms with Crippen molar-refractivity contribution >= 4 is 48.1 Å². The van der Waals surface area contributed by atoms with E-state index in [4.69, 9.17) is 17.0 Å². The fourth-order valence-corrected chi connectivity index (χ4v) is 5.97. The molecule has 0 saturated carbocycles. The van der Waals surface area contributed by atoms with E-state index in [9.17, 15) is 0 Å². The minimum atomic E-state index is -0.826. The summed E-state index contributed by atoms with van der Waals surface area (Å²) in [5, 5.41) is 5.49. The average molecular weight is 743 g/mol. The zero-order valence-electron chi connectivity index (χ0n) is 29.3. The van der Waals surface area contributed by atoms with Gasteiger partial charge in [-0.25, -0.2) is 0 Å². The summed E-state index contributed by atoms with van der Waals surface area (Å²) in [7, 11) is 11.0. The SMILES string of the molecule is CCc1cc2c(-c3ccc(C)c(C)c3C)cccc2[cH-]1.CCc1cc2c(-c3ccc(C)c(C)c3C)cccc2[cH-]1.C[Si]C.[Cl][Zr+2][Cl]. The van der Waals surface area contributed by atoms with E-state index in [0.717, 1.165) is 22.4 Å². The summed E-state index contributed by atoms with van der Waals surface area (Å²) in [6, 6.07) is 31.6. The molecule has 0 bridgehead atoms. The van der Waals surface area contributed by atoms with Crippen molar-refractivity contribution < 1.29 is 20.8 Å². The molecule has 0 atom stereocenters. The second-order valence-corrected chi connectivity index (χ2v) is 16.7. The van der Waals surface area contributed by atoms with Crippen molar-refractivity contribution in [3.05, 3.63) is 129 Å². The second-order valence-electron chi connectivity index (χ2n) is 12.0. The molecule has 0 heterocycles. The van der Waals surface area contributed by atoms with Gasteiger partial charge in [-0.1, -0.05) is 74.5 Å². The molecule has 2 radical (unpaired) electrons. The molecule has 6 aromatic rings. The van der Waals surface area contributed by atoms with Gasteiger partial charge in [0, 0.05) is 9.52 Å². The van der Waals surface area contributed by atoms with Gasteiger partial charge in [0.2, 0.25) is 0 Å². The van der Waals surface area contributed by atoms with E-state index in [1.165, 1.54) is 88.3 Å². The van der Waals surface area contributed by atoms with Crippen LogP contribution in [0.25, 0.3) is 43.8 Å². The van der Waals surface area contributed by atoms with Crippen LogP contribution in [0.15, 0.2) is 84.9 Å². The van der Waals surface area contributed by atoms with Crippen molar-refractivity contribution in [1.29, 1.82) is 0 Å². The van der Waals surface area contributed by atoms with Gasteiger partial charge in [0.15, 0.2) is 0 Å².